The van der Waals surface area contributed by atoms with E-state index in [2.05, 4.69) is 4.90 Å². The van der Waals surface area contributed by atoms with Gasteiger partial charge in [-0.05, 0) is 46.0 Å². The SMILES string of the molecule is CC(C)(C)OC(=O)N1CCN(C2CCCCC(CO)C2)CC1. The van der Waals surface area contributed by atoms with Crippen LogP contribution in [-0.2, 0) is 4.74 Å². The summed E-state index contributed by atoms with van der Waals surface area (Å²) >= 11 is 0. The number of hydrogen-bond donors (Lipinski definition) is 1. The van der Waals surface area contributed by atoms with Crippen molar-refractivity contribution < 1.29 is 14.6 Å². The largest absolute Gasteiger partial charge is 0.444 e. The van der Waals surface area contributed by atoms with Gasteiger partial charge in [-0.25, -0.2) is 4.79 Å². The van der Waals surface area contributed by atoms with E-state index < -0.39 is 5.60 Å². The first-order valence-corrected chi connectivity index (χ1v) is 8.72. The molecule has 1 heterocycles. The summed E-state index contributed by atoms with van der Waals surface area (Å²) in [7, 11) is 0. The molecule has 22 heavy (non-hydrogen) atoms. The van der Waals surface area contributed by atoms with Gasteiger partial charge in [-0.1, -0.05) is 12.8 Å². The van der Waals surface area contributed by atoms with Gasteiger partial charge in [0.15, 0.2) is 0 Å². The van der Waals surface area contributed by atoms with Crippen LogP contribution in [0.2, 0.25) is 0 Å². The molecule has 0 aromatic heterocycles. The third-order valence-corrected chi connectivity index (χ3v) is 4.75. The molecule has 2 atom stereocenters. The summed E-state index contributed by atoms with van der Waals surface area (Å²) in [5, 5.41) is 9.47. The Hall–Kier alpha value is -0.810. The van der Waals surface area contributed by atoms with Gasteiger partial charge >= 0.3 is 6.09 Å². The van der Waals surface area contributed by atoms with Crippen molar-refractivity contribution >= 4 is 6.09 Å². The molecule has 1 amide bonds. The molecule has 128 valence electrons. The number of hydrogen-bond acceptors (Lipinski definition) is 4. The minimum atomic E-state index is -0.427. The number of carbonyl (C=O) groups is 1. The van der Waals surface area contributed by atoms with Crippen molar-refractivity contribution in [1.82, 2.24) is 9.80 Å². The second kappa shape index (κ2) is 7.64. The standard InChI is InChI=1S/C17H32N2O3/c1-17(2,3)22-16(21)19-10-8-18(9-11-19)15-7-5-4-6-14(12-15)13-20/h14-15,20H,4-13H2,1-3H3. The van der Waals surface area contributed by atoms with Crippen molar-refractivity contribution in [1.29, 1.82) is 0 Å². The topological polar surface area (TPSA) is 53.0 Å². The predicted octanol–water partition coefficient (Wildman–Crippen LogP) is 2.48. The molecule has 2 fully saturated rings. The van der Waals surface area contributed by atoms with Crippen molar-refractivity contribution in [2.75, 3.05) is 32.8 Å². The first-order valence-electron chi connectivity index (χ1n) is 8.72. The van der Waals surface area contributed by atoms with Gasteiger partial charge in [0, 0.05) is 38.8 Å². The fraction of sp³-hybridized carbons (Fsp3) is 0.941. The van der Waals surface area contributed by atoms with E-state index in [-0.39, 0.29) is 6.09 Å². The van der Waals surface area contributed by atoms with Crippen LogP contribution >= 0.6 is 0 Å². The van der Waals surface area contributed by atoms with Gasteiger partial charge in [0.05, 0.1) is 0 Å². The molecule has 0 radical (unpaired) electrons. The number of piperazine rings is 1. The Balaban J connectivity index is 1.82. The van der Waals surface area contributed by atoms with Crippen molar-refractivity contribution in [2.24, 2.45) is 5.92 Å². The van der Waals surface area contributed by atoms with Crippen molar-refractivity contribution in [3.8, 4) is 0 Å². The Bertz CT molecular complexity index is 359. The molecule has 2 aliphatic rings. The highest BCUT2D eigenvalue weighted by Gasteiger charge is 2.30. The van der Waals surface area contributed by atoms with Crippen LogP contribution in [0.3, 0.4) is 0 Å². The molecule has 2 rings (SSSR count). The lowest BCUT2D eigenvalue weighted by Crippen LogP contribution is -2.53. The van der Waals surface area contributed by atoms with Gasteiger partial charge in [-0.15, -0.1) is 0 Å². The number of ether oxygens (including phenoxy) is 1. The highest BCUT2D eigenvalue weighted by atomic mass is 16.6. The Kier molecular flexibility index (Phi) is 6.09. The minimum absolute atomic E-state index is 0.193. The molecule has 1 N–H and O–H groups in total. The van der Waals surface area contributed by atoms with Crippen LogP contribution in [0.15, 0.2) is 0 Å². The molecule has 0 aromatic rings. The fourth-order valence-electron chi connectivity index (χ4n) is 3.53. The van der Waals surface area contributed by atoms with Gasteiger partial charge in [-0.2, -0.15) is 0 Å². The summed E-state index contributed by atoms with van der Waals surface area (Å²) in [6.45, 7) is 9.36. The van der Waals surface area contributed by atoms with Crippen molar-refractivity contribution in [3.05, 3.63) is 0 Å². The van der Waals surface area contributed by atoms with Crippen LogP contribution in [0, 0.1) is 5.92 Å². The molecule has 0 spiro atoms. The lowest BCUT2D eigenvalue weighted by molar-refractivity contribution is 0.00836. The summed E-state index contributed by atoms with van der Waals surface area (Å²) in [5.74, 6) is 0.455. The smallest absolute Gasteiger partial charge is 0.410 e. The lowest BCUT2D eigenvalue weighted by atomic mass is 9.97. The second-order valence-electron chi connectivity index (χ2n) is 7.73. The van der Waals surface area contributed by atoms with Crippen molar-refractivity contribution in [3.63, 3.8) is 0 Å². The molecule has 5 heteroatoms. The van der Waals surface area contributed by atoms with Gasteiger partial charge in [0.2, 0.25) is 0 Å². The van der Waals surface area contributed by atoms with E-state index in [0.29, 0.717) is 18.6 Å². The number of aliphatic hydroxyl groups is 1. The number of nitrogens with zero attached hydrogens (tertiary/aromatic N) is 2. The zero-order valence-corrected chi connectivity index (χ0v) is 14.4. The van der Waals surface area contributed by atoms with E-state index in [4.69, 9.17) is 4.74 Å². The van der Waals surface area contributed by atoms with Gasteiger partial charge in [0.1, 0.15) is 5.60 Å². The van der Waals surface area contributed by atoms with E-state index in [0.717, 1.165) is 39.0 Å². The molecular formula is C17H32N2O3. The fourth-order valence-corrected chi connectivity index (χ4v) is 3.53. The zero-order chi connectivity index (χ0) is 16.2. The molecule has 5 nitrogen and oxygen atoms in total. The summed E-state index contributed by atoms with van der Waals surface area (Å²) in [6, 6.07) is 0.570. The van der Waals surface area contributed by atoms with Crippen LogP contribution < -0.4 is 0 Å². The predicted molar refractivity (Wildman–Crippen MR) is 86.8 cm³/mol. The van der Waals surface area contributed by atoms with Crippen LogP contribution in [-0.4, -0.2) is 65.4 Å². The average molecular weight is 312 g/mol. The van der Waals surface area contributed by atoms with Crippen LogP contribution in [0.5, 0.6) is 0 Å². The van der Waals surface area contributed by atoms with E-state index in [1.165, 1.54) is 19.3 Å². The van der Waals surface area contributed by atoms with E-state index in [1.807, 2.05) is 25.7 Å². The number of amides is 1. The second-order valence-corrected chi connectivity index (χ2v) is 7.73. The highest BCUT2D eigenvalue weighted by Crippen LogP contribution is 2.27. The molecule has 0 bridgehead atoms. The molecule has 1 saturated heterocycles. The third kappa shape index (κ3) is 5.13. The van der Waals surface area contributed by atoms with Crippen molar-refractivity contribution in [2.45, 2.75) is 64.5 Å². The van der Waals surface area contributed by atoms with Crippen LogP contribution in [0.25, 0.3) is 0 Å². The normalized spacial score (nSPS) is 28.3. The zero-order valence-electron chi connectivity index (χ0n) is 14.4. The summed E-state index contributed by atoms with van der Waals surface area (Å²) < 4.78 is 5.45. The first kappa shape index (κ1) is 17.5. The average Bonchev–Trinajstić information content (AvgIpc) is 2.71. The van der Waals surface area contributed by atoms with E-state index >= 15 is 0 Å². The maximum Gasteiger partial charge on any atom is 0.410 e. The lowest BCUT2D eigenvalue weighted by Gasteiger charge is -2.40. The maximum atomic E-state index is 12.1. The monoisotopic (exact) mass is 312 g/mol. The Labute approximate surface area is 134 Å². The maximum absolute atomic E-state index is 12.1. The summed E-state index contributed by atoms with van der Waals surface area (Å²) in [5.41, 5.74) is -0.427. The summed E-state index contributed by atoms with van der Waals surface area (Å²) in [6.07, 6.45) is 5.78. The van der Waals surface area contributed by atoms with Gasteiger partial charge in [-0.3, -0.25) is 4.90 Å². The highest BCUT2D eigenvalue weighted by molar-refractivity contribution is 5.68. The third-order valence-electron chi connectivity index (χ3n) is 4.75. The number of carbonyl (C=O) groups excluding carboxylic acids is 1. The Morgan fingerprint density at radius 1 is 1.14 bits per heavy atom. The van der Waals surface area contributed by atoms with E-state index in [9.17, 15) is 9.90 Å². The molecule has 1 aliphatic carbocycles. The van der Waals surface area contributed by atoms with Gasteiger partial charge < -0.3 is 14.7 Å². The Morgan fingerprint density at radius 3 is 2.36 bits per heavy atom. The Morgan fingerprint density at radius 2 is 1.77 bits per heavy atom. The minimum Gasteiger partial charge on any atom is -0.444 e. The molecular weight excluding hydrogens is 280 g/mol. The summed E-state index contributed by atoms with van der Waals surface area (Å²) in [4.78, 5) is 16.4. The molecule has 2 unspecified atom stereocenters. The first-order chi connectivity index (χ1) is 10.4. The van der Waals surface area contributed by atoms with Gasteiger partial charge in [0.25, 0.3) is 0 Å². The van der Waals surface area contributed by atoms with Crippen LogP contribution in [0.1, 0.15) is 52.9 Å². The van der Waals surface area contributed by atoms with E-state index in [1.54, 1.807) is 0 Å². The molecule has 1 aliphatic heterocycles. The number of aliphatic hydroxyl groups excluding tert-OH is 1. The quantitative estimate of drug-likeness (QED) is 0.796. The van der Waals surface area contributed by atoms with Crippen LogP contribution in [0.4, 0.5) is 4.79 Å². The molecule has 0 aromatic carbocycles. The molecule has 1 saturated carbocycles. The number of rotatable bonds is 2.